The van der Waals surface area contributed by atoms with E-state index in [0.717, 1.165) is 25.7 Å². The molecule has 0 bridgehead atoms. The highest BCUT2D eigenvalue weighted by molar-refractivity contribution is 5.74. The fraction of sp³-hybridized carbons (Fsp3) is 0.818. The van der Waals surface area contributed by atoms with Crippen molar-refractivity contribution in [1.82, 2.24) is 10.2 Å². The van der Waals surface area contributed by atoms with E-state index in [1.807, 2.05) is 0 Å². The maximum Gasteiger partial charge on any atom is 0.316 e. The maximum atomic E-state index is 11.3. The summed E-state index contributed by atoms with van der Waals surface area (Å²) in [5.41, 5.74) is 0. The van der Waals surface area contributed by atoms with E-state index >= 15 is 0 Å². The van der Waals surface area contributed by atoms with Crippen molar-refractivity contribution in [3.8, 4) is 0 Å². The van der Waals surface area contributed by atoms with Crippen LogP contribution < -0.4 is 5.32 Å². The molecule has 0 heterocycles. The minimum atomic E-state index is -0.733. The second kappa shape index (κ2) is 5.72. The fourth-order valence-electron chi connectivity index (χ4n) is 2.15. The zero-order chi connectivity index (χ0) is 12.1. The topological polar surface area (TPSA) is 69.6 Å². The quantitative estimate of drug-likeness (QED) is 0.761. The van der Waals surface area contributed by atoms with Gasteiger partial charge in [-0.05, 0) is 18.8 Å². The lowest BCUT2D eigenvalue weighted by Gasteiger charge is -2.29. The van der Waals surface area contributed by atoms with Crippen LogP contribution in [0.4, 0.5) is 4.79 Å². The van der Waals surface area contributed by atoms with Crippen LogP contribution in [0.15, 0.2) is 0 Å². The summed E-state index contributed by atoms with van der Waals surface area (Å²) in [5.74, 6) is -0.949. The van der Waals surface area contributed by atoms with Crippen molar-refractivity contribution in [1.29, 1.82) is 0 Å². The molecule has 5 nitrogen and oxygen atoms in total. The highest BCUT2D eigenvalue weighted by Gasteiger charge is 2.30. The van der Waals surface area contributed by atoms with Gasteiger partial charge in [0, 0.05) is 20.6 Å². The van der Waals surface area contributed by atoms with Gasteiger partial charge in [-0.1, -0.05) is 12.8 Å². The van der Waals surface area contributed by atoms with Gasteiger partial charge >= 0.3 is 12.0 Å². The Hall–Kier alpha value is -1.26. The molecular weight excluding hydrogens is 208 g/mol. The van der Waals surface area contributed by atoms with Crippen LogP contribution in [0.5, 0.6) is 0 Å². The monoisotopic (exact) mass is 228 g/mol. The number of amides is 2. The average Bonchev–Trinajstić information content (AvgIpc) is 2.25. The number of carboxylic acids is 1. The Morgan fingerprint density at radius 2 is 1.94 bits per heavy atom. The molecule has 2 atom stereocenters. The van der Waals surface area contributed by atoms with Gasteiger partial charge in [0.15, 0.2) is 0 Å². The van der Waals surface area contributed by atoms with Crippen molar-refractivity contribution in [2.75, 3.05) is 20.6 Å². The van der Waals surface area contributed by atoms with Gasteiger partial charge < -0.3 is 15.3 Å². The number of hydrogen-bond acceptors (Lipinski definition) is 2. The lowest BCUT2D eigenvalue weighted by Crippen LogP contribution is -2.41. The molecule has 0 spiro atoms. The van der Waals surface area contributed by atoms with E-state index in [2.05, 4.69) is 5.32 Å². The first kappa shape index (κ1) is 12.8. The molecule has 0 aliphatic heterocycles. The second-order valence-electron chi connectivity index (χ2n) is 4.57. The van der Waals surface area contributed by atoms with Crippen molar-refractivity contribution >= 4 is 12.0 Å². The third-order valence-electron chi connectivity index (χ3n) is 3.15. The van der Waals surface area contributed by atoms with E-state index in [4.69, 9.17) is 5.11 Å². The van der Waals surface area contributed by atoms with Gasteiger partial charge in [-0.15, -0.1) is 0 Å². The van der Waals surface area contributed by atoms with Crippen LogP contribution in [0.3, 0.4) is 0 Å². The molecule has 1 aliphatic rings. The molecule has 1 aliphatic carbocycles. The Bertz CT molecular complexity index is 266. The van der Waals surface area contributed by atoms with Gasteiger partial charge in [-0.25, -0.2) is 4.79 Å². The normalized spacial score (nSPS) is 24.9. The molecule has 1 fully saturated rings. The highest BCUT2D eigenvalue weighted by Crippen LogP contribution is 2.29. The second-order valence-corrected chi connectivity index (χ2v) is 4.57. The van der Waals surface area contributed by atoms with Crippen molar-refractivity contribution in [3.05, 3.63) is 0 Å². The van der Waals surface area contributed by atoms with E-state index in [-0.39, 0.29) is 17.9 Å². The standard InChI is InChI=1S/C11H20N2O3/c1-13(2)11(16)12-7-8-5-3-4-6-9(8)10(14)15/h8-9H,3-7H2,1-2H3,(H,12,16)(H,14,15). The van der Waals surface area contributed by atoms with E-state index in [9.17, 15) is 9.59 Å². The molecule has 5 heteroatoms. The van der Waals surface area contributed by atoms with Crippen LogP contribution in [0.25, 0.3) is 0 Å². The van der Waals surface area contributed by atoms with Crippen LogP contribution in [0.1, 0.15) is 25.7 Å². The van der Waals surface area contributed by atoms with Crippen LogP contribution in [0, 0.1) is 11.8 Å². The van der Waals surface area contributed by atoms with Crippen molar-refractivity contribution in [2.24, 2.45) is 11.8 Å². The summed E-state index contributed by atoms with van der Waals surface area (Å²) >= 11 is 0. The predicted molar refractivity (Wildman–Crippen MR) is 60.2 cm³/mol. The Morgan fingerprint density at radius 1 is 1.31 bits per heavy atom. The molecule has 1 saturated carbocycles. The zero-order valence-corrected chi connectivity index (χ0v) is 9.90. The van der Waals surface area contributed by atoms with Crippen LogP contribution in [-0.4, -0.2) is 42.6 Å². The van der Waals surface area contributed by atoms with Gasteiger partial charge in [0.05, 0.1) is 5.92 Å². The van der Waals surface area contributed by atoms with Crippen molar-refractivity contribution in [3.63, 3.8) is 0 Å². The van der Waals surface area contributed by atoms with Crippen LogP contribution in [0.2, 0.25) is 0 Å². The summed E-state index contributed by atoms with van der Waals surface area (Å²) in [5, 5.41) is 11.8. The summed E-state index contributed by atoms with van der Waals surface area (Å²) in [7, 11) is 3.34. The lowest BCUT2D eigenvalue weighted by atomic mass is 9.79. The number of carbonyl (C=O) groups is 2. The Morgan fingerprint density at radius 3 is 2.50 bits per heavy atom. The Kier molecular flexibility index (Phi) is 4.58. The fourth-order valence-corrected chi connectivity index (χ4v) is 2.15. The molecule has 0 aromatic rings. The molecule has 0 saturated heterocycles. The number of nitrogens with one attached hydrogen (secondary N) is 1. The minimum absolute atomic E-state index is 0.0788. The first-order chi connectivity index (χ1) is 7.52. The van der Waals surface area contributed by atoms with Crippen molar-refractivity contribution in [2.45, 2.75) is 25.7 Å². The van der Waals surface area contributed by atoms with E-state index in [1.165, 1.54) is 4.90 Å². The summed E-state index contributed by atoms with van der Waals surface area (Å²) in [6.07, 6.45) is 3.67. The zero-order valence-electron chi connectivity index (χ0n) is 9.90. The van der Waals surface area contributed by atoms with Gasteiger partial charge in [0.1, 0.15) is 0 Å². The van der Waals surface area contributed by atoms with Gasteiger partial charge in [0.2, 0.25) is 0 Å². The molecule has 0 aromatic carbocycles. The van der Waals surface area contributed by atoms with E-state index < -0.39 is 5.97 Å². The first-order valence-corrected chi connectivity index (χ1v) is 5.70. The molecule has 0 radical (unpaired) electrons. The average molecular weight is 228 g/mol. The summed E-state index contributed by atoms with van der Waals surface area (Å²) in [4.78, 5) is 23.8. The van der Waals surface area contributed by atoms with Crippen LogP contribution >= 0.6 is 0 Å². The number of carboxylic acid groups (broad SMARTS) is 1. The van der Waals surface area contributed by atoms with Gasteiger partial charge in [-0.3, -0.25) is 4.79 Å². The number of nitrogens with zero attached hydrogens (tertiary/aromatic N) is 1. The van der Waals surface area contributed by atoms with E-state index in [1.54, 1.807) is 14.1 Å². The largest absolute Gasteiger partial charge is 0.481 e. The number of hydrogen-bond donors (Lipinski definition) is 2. The van der Waals surface area contributed by atoms with Gasteiger partial charge in [-0.2, -0.15) is 0 Å². The van der Waals surface area contributed by atoms with Gasteiger partial charge in [0.25, 0.3) is 0 Å². The van der Waals surface area contributed by atoms with Crippen LogP contribution in [-0.2, 0) is 4.79 Å². The maximum absolute atomic E-state index is 11.3. The number of urea groups is 1. The molecule has 2 amide bonds. The Labute approximate surface area is 95.8 Å². The summed E-state index contributed by atoms with van der Waals surface area (Å²) < 4.78 is 0. The summed E-state index contributed by atoms with van der Waals surface area (Å²) in [6.45, 7) is 0.466. The third-order valence-corrected chi connectivity index (χ3v) is 3.15. The first-order valence-electron chi connectivity index (χ1n) is 5.70. The Balaban J connectivity index is 2.44. The lowest BCUT2D eigenvalue weighted by molar-refractivity contribution is -0.144. The molecule has 92 valence electrons. The molecule has 1 rings (SSSR count). The summed E-state index contributed by atoms with van der Waals surface area (Å²) in [6, 6.07) is -0.158. The highest BCUT2D eigenvalue weighted by atomic mass is 16.4. The molecule has 2 unspecified atom stereocenters. The minimum Gasteiger partial charge on any atom is -0.481 e. The van der Waals surface area contributed by atoms with E-state index in [0.29, 0.717) is 6.54 Å². The molecule has 2 N–H and O–H groups in total. The van der Waals surface area contributed by atoms with Crippen molar-refractivity contribution < 1.29 is 14.7 Å². The number of carbonyl (C=O) groups excluding carboxylic acids is 1. The molecule has 16 heavy (non-hydrogen) atoms. The number of aliphatic carboxylic acids is 1. The predicted octanol–water partition coefficient (Wildman–Crippen LogP) is 1.15. The molecule has 0 aromatic heterocycles. The SMILES string of the molecule is CN(C)C(=O)NCC1CCCCC1C(=O)O. The molecular formula is C11H20N2O3. The number of rotatable bonds is 3. The third kappa shape index (κ3) is 3.40. The smallest absolute Gasteiger partial charge is 0.316 e.